The minimum atomic E-state index is 0.675. The molecule has 5 heteroatoms. The third kappa shape index (κ3) is 2.88. The van der Waals surface area contributed by atoms with E-state index in [0.717, 1.165) is 11.6 Å². The predicted octanol–water partition coefficient (Wildman–Crippen LogP) is 1.23. The highest BCUT2D eigenvalue weighted by Gasteiger charge is 2.02. The van der Waals surface area contributed by atoms with Crippen molar-refractivity contribution >= 4 is 11.8 Å². The van der Waals surface area contributed by atoms with E-state index in [0.29, 0.717) is 5.25 Å². The Hall–Kier alpha value is -0.580. The van der Waals surface area contributed by atoms with E-state index in [1.54, 1.807) is 0 Å². The Balaban J connectivity index is 2.23. The highest BCUT2D eigenvalue weighted by molar-refractivity contribution is 7.99. The van der Waals surface area contributed by atoms with Crippen LogP contribution < -0.4 is 0 Å². The molecule has 0 aliphatic heterocycles. The lowest BCUT2D eigenvalue weighted by Crippen LogP contribution is -1.94. The maximum Gasteiger partial charge on any atom is 0.184 e. The summed E-state index contributed by atoms with van der Waals surface area (Å²) in [6.45, 7) is 4.37. The van der Waals surface area contributed by atoms with Crippen LogP contribution in [0.1, 0.15) is 26.1 Å². The molecule has 0 aliphatic rings. The van der Waals surface area contributed by atoms with Crippen molar-refractivity contribution in [3.8, 4) is 0 Å². The highest BCUT2D eigenvalue weighted by Crippen LogP contribution is 2.16. The number of nitrogens with zero attached hydrogens (tertiary/aromatic N) is 3. The maximum atomic E-state index is 3.85. The van der Waals surface area contributed by atoms with Crippen LogP contribution in [0.4, 0.5) is 0 Å². The third-order valence-electron chi connectivity index (χ3n) is 1.46. The normalized spacial score (nSPS) is 13.3. The van der Waals surface area contributed by atoms with E-state index in [9.17, 15) is 0 Å². The fraction of sp³-hybridized carbons (Fsp3) is 0.833. The van der Waals surface area contributed by atoms with Crippen LogP contribution >= 0.6 is 11.8 Å². The Morgan fingerprint density at radius 3 is 3.00 bits per heavy atom. The van der Waals surface area contributed by atoms with E-state index in [2.05, 4.69) is 34.5 Å². The Kier molecular flexibility index (Phi) is 3.35. The molecule has 1 unspecified atom stereocenters. The minimum Gasteiger partial charge on any atom is -0.177 e. The standard InChI is InChI=1S/C6H12N4S/c1-3-5(2)11-4-6-7-9-10-8-6/h5H,3-4H2,1-2H3,(H,7,8,9,10). The lowest BCUT2D eigenvalue weighted by atomic mass is 10.4. The number of aromatic amines is 1. The number of rotatable bonds is 4. The number of hydrogen-bond acceptors (Lipinski definition) is 4. The Labute approximate surface area is 70.2 Å². The van der Waals surface area contributed by atoms with Crippen LogP contribution in [-0.2, 0) is 5.75 Å². The van der Waals surface area contributed by atoms with Crippen molar-refractivity contribution in [3.05, 3.63) is 5.82 Å². The van der Waals surface area contributed by atoms with Gasteiger partial charge in [-0.2, -0.15) is 17.0 Å². The van der Waals surface area contributed by atoms with Crippen molar-refractivity contribution < 1.29 is 0 Å². The summed E-state index contributed by atoms with van der Waals surface area (Å²) in [7, 11) is 0. The van der Waals surface area contributed by atoms with Gasteiger partial charge in [0.25, 0.3) is 0 Å². The number of aromatic nitrogens is 4. The Bertz CT molecular complexity index is 186. The van der Waals surface area contributed by atoms with Gasteiger partial charge in [-0.3, -0.25) is 0 Å². The molecule has 1 aromatic heterocycles. The van der Waals surface area contributed by atoms with Gasteiger partial charge in [0.1, 0.15) is 0 Å². The molecule has 0 radical (unpaired) electrons. The molecule has 0 saturated heterocycles. The summed E-state index contributed by atoms with van der Waals surface area (Å²) in [6, 6.07) is 0. The van der Waals surface area contributed by atoms with Crippen LogP contribution in [0.15, 0.2) is 0 Å². The van der Waals surface area contributed by atoms with Gasteiger partial charge in [0, 0.05) is 5.25 Å². The topological polar surface area (TPSA) is 54.5 Å². The third-order valence-corrected chi connectivity index (χ3v) is 2.79. The summed E-state index contributed by atoms with van der Waals surface area (Å²) in [5.41, 5.74) is 0. The molecule has 4 nitrogen and oxygen atoms in total. The highest BCUT2D eigenvalue weighted by atomic mass is 32.2. The van der Waals surface area contributed by atoms with E-state index in [4.69, 9.17) is 0 Å². The van der Waals surface area contributed by atoms with Crippen molar-refractivity contribution in [2.45, 2.75) is 31.3 Å². The van der Waals surface area contributed by atoms with Crippen LogP contribution in [0.3, 0.4) is 0 Å². The molecule has 0 aromatic carbocycles. The van der Waals surface area contributed by atoms with E-state index in [1.807, 2.05) is 11.8 Å². The first-order valence-corrected chi connectivity index (χ1v) is 4.71. The lowest BCUT2D eigenvalue weighted by molar-refractivity contribution is 0.881. The molecule has 1 heterocycles. The van der Waals surface area contributed by atoms with Crippen molar-refractivity contribution in [1.82, 2.24) is 20.6 Å². The molecule has 0 amide bonds. The summed E-state index contributed by atoms with van der Waals surface area (Å²) < 4.78 is 0. The second kappa shape index (κ2) is 4.33. The van der Waals surface area contributed by atoms with Crippen molar-refractivity contribution in [2.24, 2.45) is 0 Å². The van der Waals surface area contributed by atoms with Crippen molar-refractivity contribution in [3.63, 3.8) is 0 Å². The van der Waals surface area contributed by atoms with Crippen LogP contribution in [0, 0.1) is 0 Å². The van der Waals surface area contributed by atoms with Gasteiger partial charge in [-0.25, -0.2) is 0 Å². The molecule has 0 bridgehead atoms. The minimum absolute atomic E-state index is 0.675. The molecule has 0 saturated carbocycles. The zero-order chi connectivity index (χ0) is 8.10. The SMILES string of the molecule is CCC(C)SCc1nn[nH]n1. The quantitative estimate of drug-likeness (QED) is 0.742. The van der Waals surface area contributed by atoms with Gasteiger partial charge in [-0.05, 0) is 6.42 Å². The van der Waals surface area contributed by atoms with Crippen LogP contribution in [0.25, 0.3) is 0 Å². The van der Waals surface area contributed by atoms with Crippen molar-refractivity contribution in [2.75, 3.05) is 0 Å². The number of nitrogens with one attached hydrogen (secondary N) is 1. The van der Waals surface area contributed by atoms with Gasteiger partial charge in [-0.15, -0.1) is 10.2 Å². The summed E-state index contributed by atoms with van der Waals surface area (Å²) in [5, 5.41) is 14.3. The summed E-state index contributed by atoms with van der Waals surface area (Å²) in [4.78, 5) is 0. The van der Waals surface area contributed by atoms with Gasteiger partial charge in [0.15, 0.2) is 5.82 Å². The monoisotopic (exact) mass is 172 g/mol. The predicted molar refractivity (Wildman–Crippen MR) is 45.2 cm³/mol. The second-order valence-corrected chi connectivity index (χ2v) is 3.78. The molecule has 1 N–H and O–H groups in total. The van der Waals surface area contributed by atoms with E-state index < -0.39 is 0 Å². The fourth-order valence-corrected chi connectivity index (χ4v) is 1.37. The van der Waals surface area contributed by atoms with Gasteiger partial charge in [-0.1, -0.05) is 19.1 Å². The van der Waals surface area contributed by atoms with Gasteiger partial charge >= 0.3 is 0 Å². The van der Waals surface area contributed by atoms with Gasteiger partial charge < -0.3 is 0 Å². The first kappa shape index (κ1) is 8.52. The van der Waals surface area contributed by atoms with Gasteiger partial charge in [0.05, 0.1) is 5.75 Å². The van der Waals surface area contributed by atoms with Crippen LogP contribution in [0.2, 0.25) is 0 Å². The van der Waals surface area contributed by atoms with E-state index >= 15 is 0 Å². The number of hydrogen-bond donors (Lipinski definition) is 1. The van der Waals surface area contributed by atoms with Crippen LogP contribution in [0.5, 0.6) is 0 Å². The smallest absolute Gasteiger partial charge is 0.177 e. The molecule has 1 rings (SSSR count). The molecule has 1 aromatic rings. The molecular weight excluding hydrogens is 160 g/mol. The first-order chi connectivity index (χ1) is 5.33. The largest absolute Gasteiger partial charge is 0.184 e. The number of tetrazole rings is 1. The zero-order valence-electron chi connectivity index (χ0n) is 6.74. The molecule has 62 valence electrons. The van der Waals surface area contributed by atoms with E-state index in [1.165, 1.54) is 6.42 Å². The van der Waals surface area contributed by atoms with Crippen LogP contribution in [-0.4, -0.2) is 25.9 Å². The average molecular weight is 172 g/mol. The fourth-order valence-electron chi connectivity index (χ4n) is 0.578. The summed E-state index contributed by atoms with van der Waals surface area (Å²) in [6.07, 6.45) is 1.18. The molecule has 0 spiro atoms. The second-order valence-electron chi connectivity index (χ2n) is 2.36. The zero-order valence-corrected chi connectivity index (χ0v) is 7.56. The Morgan fingerprint density at radius 2 is 2.45 bits per heavy atom. The summed E-state index contributed by atoms with van der Waals surface area (Å²) in [5.74, 6) is 1.64. The number of thioether (sulfide) groups is 1. The molecule has 1 atom stereocenters. The maximum absolute atomic E-state index is 3.85. The Morgan fingerprint density at radius 1 is 1.64 bits per heavy atom. The molecule has 0 fully saturated rings. The first-order valence-electron chi connectivity index (χ1n) is 3.67. The lowest BCUT2D eigenvalue weighted by Gasteiger charge is -2.03. The molecular formula is C6H12N4S. The average Bonchev–Trinajstić information content (AvgIpc) is 2.52. The molecule has 11 heavy (non-hydrogen) atoms. The summed E-state index contributed by atoms with van der Waals surface area (Å²) >= 11 is 1.85. The van der Waals surface area contributed by atoms with Gasteiger partial charge in [0.2, 0.25) is 0 Å². The molecule has 0 aliphatic carbocycles. The number of H-pyrrole nitrogens is 1. The van der Waals surface area contributed by atoms with Crippen molar-refractivity contribution in [1.29, 1.82) is 0 Å². The van der Waals surface area contributed by atoms with E-state index in [-0.39, 0.29) is 0 Å².